The maximum atomic E-state index is 12.3. The molecule has 144 valence electrons. The summed E-state index contributed by atoms with van der Waals surface area (Å²) in [5.74, 6) is -0.717. The van der Waals surface area contributed by atoms with Crippen molar-refractivity contribution in [1.29, 1.82) is 0 Å². The van der Waals surface area contributed by atoms with Gasteiger partial charge in [0.25, 0.3) is 0 Å². The van der Waals surface area contributed by atoms with E-state index in [-0.39, 0.29) is 34.9 Å². The largest absolute Gasteiger partial charge is 0.355 e. The standard InChI is InChI=1S/C18H27N3O4S/c1-14(21-10-3-4-11-21)13-19-18(23)9-12-26(24,25)17-7-5-16(6-8-17)20-15(2)22/h5-8,14H,3-4,9-13H2,1-2H3,(H,19,23)(H,20,22). The van der Waals surface area contributed by atoms with Gasteiger partial charge >= 0.3 is 0 Å². The minimum absolute atomic E-state index is 0.0670. The van der Waals surface area contributed by atoms with Crippen LogP contribution in [0, 0.1) is 0 Å². The second-order valence-electron chi connectivity index (χ2n) is 6.67. The van der Waals surface area contributed by atoms with Crippen LogP contribution in [0.4, 0.5) is 5.69 Å². The highest BCUT2D eigenvalue weighted by Crippen LogP contribution is 2.16. The molecule has 1 aromatic rings. The van der Waals surface area contributed by atoms with Gasteiger partial charge in [0.2, 0.25) is 11.8 Å². The monoisotopic (exact) mass is 381 g/mol. The summed E-state index contributed by atoms with van der Waals surface area (Å²) in [5, 5.41) is 5.40. The summed E-state index contributed by atoms with van der Waals surface area (Å²) in [6.45, 7) is 6.09. The smallest absolute Gasteiger partial charge is 0.221 e. The van der Waals surface area contributed by atoms with Gasteiger partial charge in [0, 0.05) is 31.6 Å². The third-order valence-electron chi connectivity index (χ3n) is 4.49. The lowest BCUT2D eigenvalue weighted by Gasteiger charge is -2.23. The summed E-state index contributed by atoms with van der Waals surface area (Å²) in [6.07, 6.45) is 2.32. The first-order valence-corrected chi connectivity index (χ1v) is 10.5. The molecular weight excluding hydrogens is 354 g/mol. The molecule has 1 atom stereocenters. The highest BCUT2D eigenvalue weighted by Gasteiger charge is 2.20. The van der Waals surface area contributed by atoms with Gasteiger partial charge < -0.3 is 10.6 Å². The van der Waals surface area contributed by atoms with Gasteiger partial charge in [-0.25, -0.2) is 8.42 Å². The lowest BCUT2D eigenvalue weighted by Crippen LogP contribution is -2.41. The molecule has 1 aromatic carbocycles. The Bertz CT molecular complexity index is 725. The average Bonchev–Trinajstić information content (AvgIpc) is 3.12. The van der Waals surface area contributed by atoms with E-state index < -0.39 is 9.84 Å². The Morgan fingerprint density at radius 1 is 1.15 bits per heavy atom. The zero-order chi connectivity index (χ0) is 19.2. The van der Waals surface area contributed by atoms with Gasteiger partial charge in [-0.15, -0.1) is 0 Å². The van der Waals surface area contributed by atoms with Crippen molar-refractivity contribution in [3.8, 4) is 0 Å². The van der Waals surface area contributed by atoms with Gasteiger partial charge in [-0.1, -0.05) is 0 Å². The molecule has 0 aliphatic carbocycles. The van der Waals surface area contributed by atoms with E-state index in [1.54, 1.807) is 0 Å². The van der Waals surface area contributed by atoms with Crippen molar-refractivity contribution in [3.63, 3.8) is 0 Å². The van der Waals surface area contributed by atoms with Crippen molar-refractivity contribution < 1.29 is 18.0 Å². The molecule has 26 heavy (non-hydrogen) atoms. The fourth-order valence-corrected chi connectivity index (χ4v) is 4.20. The summed E-state index contributed by atoms with van der Waals surface area (Å²) in [4.78, 5) is 25.4. The molecule has 1 aliphatic heterocycles. The van der Waals surface area contributed by atoms with Gasteiger partial charge in [-0.3, -0.25) is 14.5 Å². The normalized spacial score (nSPS) is 16.2. The van der Waals surface area contributed by atoms with Gasteiger partial charge in [0.05, 0.1) is 10.6 Å². The maximum absolute atomic E-state index is 12.3. The molecular formula is C18H27N3O4S. The molecule has 0 radical (unpaired) electrons. The predicted molar refractivity (Wildman–Crippen MR) is 101 cm³/mol. The van der Waals surface area contributed by atoms with E-state index in [2.05, 4.69) is 22.5 Å². The average molecular weight is 381 g/mol. The Morgan fingerprint density at radius 2 is 1.77 bits per heavy atom. The van der Waals surface area contributed by atoms with Crippen molar-refractivity contribution in [3.05, 3.63) is 24.3 Å². The van der Waals surface area contributed by atoms with Crippen LogP contribution in [0.25, 0.3) is 0 Å². The number of nitrogens with one attached hydrogen (secondary N) is 2. The number of anilines is 1. The number of likely N-dealkylation sites (tertiary alicyclic amines) is 1. The molecule has 0 spiro atoms. The van der Waals surface area contributed by atoms with Crippen molar-refractivity contribution in [2.45, 2.75) is 44.0 Å². The van der Waals surface area contributed by atoms with E-state index in [1.165, 1.54) is 44.0 Å². The van der Waals surface area contributed by atoms with Crippen LogP contribution < -0.4 is 10.6 Å². The van der Waals surface area contributed by atoms with Crippen molar-refractivity contribution in [2.24, 2.45) is 0 Å². The number of hydrogen-bond acceptors (Lipinski definition) is 5. The summed E-state index contributed by atoms with van der Waals surface area (Å²) >= 11 is 0. The molecule has 2 N–H and O–H groups in total. The molecule has 1 aliphatic rings. The minimum Gasteiger partial charge on any atom is -0.355 e. The Morgan fingerprint density at radius 3 is 2.35 bits per heavy atom. The van der Waals surface area contributed by atoms with Crippen LogP contribution in [0.15, 0.2) is 29.2 Å². The van der Waals surface area contributed by atoms with Crippen LogP contribution in [0.3, 0.4) is 0 Å². The summed E-state index contributed by atoms with van der Waals surface area (Å²) in [7, 11) is -3.54. The Kier molecular flexibility index (Phi) is 7.16. The molecule has 1 saturated heterocycles. The van der Waals surface area contributed by atoms with Crippen LogP contribution in [-0.4, -0.2) is 56.6 Å². The first kappa shape index (κ1) is 20.4. The van der Waals surface area contributed by atoms with Crippen molar-refractivity contribution in [2.75, 3.05) is 30.7 Å². The predicted octanol–water partition coefficient (Wildman–Crippen LogP) is 1.41. The van der Waals surface area contributed by atoms with Crippen molar-refractivity contribution >= 4 is 27.3 Å². The highest BCUT2D eigenvalue weighted by molar-refractivity contribution is 7.91. The Labute approximate surface area is 155 Å². The second-order valence-corrected chi connectivity index (χ2v) is 8.78. The molecule has 1 heterocycles. The summed E-state index contributed by atoms with van der Waals surface area (Å²) < 4.78 is 24.7. The summed E-state index contributed by atoms with van der Waals surface area (Å²) in [6, 6.07) is 6.21. The highest BCUT2D eigenvalue weighted by atomic mass is 32.2. The fraction of sp³-hybridized carbons (Fsp3) is 0.556. The molecule has 0 saturated carbocycles. The van der Waals surface area contributed by atoms with Gasteiger partial charge in [-0.05, 0) is 57.1 Å². The molecule has 2 rings (SSSR count). The number of hydrogen-bond donors (Lipinski definition) is 2. The number of rotatable bonds is 8. The number of carbonyl (C=O) groups excluding carboxylic acids is 2. The topological polar surface area (TPSA) is 95.6 Å². The molecule has 1 unspecified atom stereocenters. The minimum atomic E-state index is -3.54. The van der Waals surface area contributed by atoms with Crippen LogP contribution >= 0.6 is 0 Å². The van der Waals surface area contributed by atoms with Gasteiger partial charge in [0.15, 0.2) is 9.84 Å². The second kappa shape index (κ2) is 9.14. The molecule has 1 fully saturated rings. The zero-order valence-electron chi connectivity index (χ0n) is 15.3. The Hall–Kier alpha value is -1.93. The maximum Gasteiger partial charge on any atom is 0.221 e. The third-order valence-corrected chi connectivity index (χ3v) is 6.22. The van der Waals surface area contributed by atoms with E-state index in [4.69, 9.17) is 0 Å². The number of sulfone groups is 1. The van der Waals surface area contributed by atoms with E-state index >= 15 is 0 Å². The first-order chi connectivity index (χ1) is 12.3. The first-order valence-electron chi connectivity index (χ1n) is 8.89. The van der Waals surface area contributed by atoms with Crippen LogP contribution in [0.2, 0.25) is 0 Å². The zero-order valence-corrected chi connectivity index (χ0v) is 16.1. The van der Waals surface area contributed by atoms with Gasteiger partial charge in [-0.2, -0.15) is 0 Å². The van der Waals surface area contributed by atoms with E-state index in [0.29, 0.717) is 12.2 Å². The fourth-order valence-electron chi connectivity index (χ4n) is 2.96. The molecule has 0 aromatic heterocycles. The van der Waals surface area contributed by atoms with Crippen LogP contribution in [0.1, 0.15) is 33.1 Å². The van der Waals surface area contributed by atoms with Crippen molar-refractivity contribution in [1.82, 2.24) is 10.2 Å². The van der Waals surface area contributed by atoms with Gasteiger partial charge in [0.1, 0.15) is 0 Å². The lowest BCUT2D eigenvalue weighted by molar-refractivity contribution is -0.121. The summed E-state index contributed by atoms with van der Waals surface area (Å²) in [5.41, 5.74) is 0.532. The third kappa shape index (κ3) is 6.10. The SMILES string of the molecule is CC(=O)Nc1ccc(S(=O)(=O)CCC(=O)NCC(C)N2CCCC2)cc1. The number of benzene rings is 1. The van der Waals surface area contributed by atoms with Crippen LogP contribution in [0.5, 0.6) is 0 Å². The lowest BCUT2D eigenvalue weighted by atomic mass is 10.3. The van der Waals surface area contributed by atoms with E-state index in [0.717, 1.165) is 13.1 Å². The molecule has 0 bridgehead atoms. The quantitative estimate of drug-likeness (QED) is 0.710. The van der Waals surface area contributed by atoms with E-state index in [1.807, 2.05) is 0 Å². The molecule has 2 amide bonds. The number of carbonyl (C=O) groups is 2. The molecule has 8 heteroatoms. The number of amides is 2. The molecule has 7 nitrogen and oxygen atoms in total. The van der Waals surface area contributed by atoms with E-state index in [9.17, 15) is 18.0 Å². The van der Waals surface area contributed by atoms with Crippen LogP contribution in [-0.2, 0) is 19.4 Å². The number of nitrogens with zero attached hydrogens (tertiary/aromatic N) is 1. The Balaban J connectivity index is 1.81.